The lowest BCUT2D eigenvalue weighted by molar-refractivity contribution is -0.167. The van der Waals surface area contributed by atoms with E-state index in [9.17, 15) is 14.4 Å². The number of ether oxygens (including phenoxy) is 3. The lowest BCUT2D eigenvalue weighted by atomic mass is 10.1. The molecule has 6 nitrogen and oxygen atoms in total. The Kier molecular flexibility index (Phi) is 56.9. The molecule has 0 aliphatic heterocycles. The molecule has 0 heterocycles. The van der Waals surface area contributed by atoms with Crippen LogP contribution in [0.25, 0.3) is 0 Å². The maximum Gasteiger partial charge on any atom is 0.306 e. The second kappa shape index (κ2) is 60.4. The molecular formula is C67H110O6. The topological polar surface area (TPSA) is 78.9 Å². The van der Waals surface area contributed by atoms with Crippen LogP contribution < -0.4 is 0 Å². The summed E-state index contributed by atoms with van der Waals surface area (Å²) in [4.78, 5) is 38.1. The number of hydrogen-bond donors (Lipinski definition) is 0. The maximum absolute atomic E-state index is 12.8. The van der Waals surface area contributed by atoms with Gasteiger partial charge in [-0.15, -0.1) is 0 Å². The van der Waals surface area contributed by atoms with E-state index in [-0.39, 0.29) is 31.1 Å². The van der Waals surface area contributed by atoms with Gasteiger partial charge in [0.25, 0.3) is 0 Å². The molecule has 0 saturated carbocycles. The van der Waals surface area contributed by atoms with Crippen LogP contribution in [-0.4, -0.2) is 37.2 Å². The zero-order chi connectivity index (χ0) is 52.9. The van der Waals surface area contributed by atoms with Crippen molar-refractivity contribution in [3.05, 3.63) is 122 Å². The highest BCUT2D eigenvalue weighted by atomic mass is 16.6. The summed E-state index contributed by atoms with van der Waals surface area (Å²) in [7, 11) is 0. The van der Waals surface area contributed by atoms with Crippen molar-refractivity contribution in [2.75, 3.05) is 13.2 Å². The minimum atomic E-state index is -0.789. The van der Waals surface area contributed by atoms with Gasteiger partial charge in [-0.05, 0) is 109 Å². The smallest absolute Gasteiger partial charge is 0.306 e. The fourth-order valence-corrected chi connectivity index (χ4v) is 8.03. The Morgan fingerprint density at radius 3 is 0.836 bits per heavy atom. The van der Waals surface area contributed by atoms with E-state index < -0.39 is 6.10 Å². The predicted octanol–water partition coefficient (Wildman–Crippen LogP) is 20.4. The third-order valence-corrected chi connectivity index (χ3v) is 12.5. The highest BCUT2D eigenvalue weighted by Crippen LogP contribution is 2.15. The van der Waals surface area contributed by atoms with Crippen molar-refractivity contribution in [2.45, 2.75) is 271 Å². The van der Waals surface area contributed by atoms with Crippen LogP contribution in [0.15, 0.2) is 122 Å². The Morgan fingerprint density at radius 1 is 0.288 bits per heavy atom. The van der Waals surface area contributed by atoms with Gasteiger partial charge in [-0.2, -0.15) is 0 Å². The van der Waals surface area contributed by atoms with E-state index in [1.807, 2.05) is 0 Å². The molecule has 0 bridgehead atoms. The van der Waals surface area contributed by atoms with Gasteiger partial charge in [-0.3, -0.25) is 14.4 Å². The normalized spacial score (nSPS) is 13.0. The minimum Gasteiger partial charge on any atom is -0.462 e. The average molecular weight is 1010 g/mol. The molecule has 73 heavy (non-hydrogen) atoms. The van der Waals surface area contributed by atoms with Crippen molar-refractivity contribution in [3.63, 3.8) is 0 Å². The molecule has 0 amide bonds. The van der Waals surface area contributed by atoms with Crippen LogP contribution in [-0.2, 0) is 28.6 Å². The molecule has 0 aromatic carbocycles. The van der Waals surface area contributed by atoms with E-state index in [0.717, 1.165) is 135 Å². The van der Waals surface area contributed by atoms with Crippen molar-refractivity contribution >= 4 is 17.9 Å². The van der Waals surface area contributed by atoms with Gasteiger partial charge in [-0.1, -0.05) is 258 Å². The van der Waals surface area contributed by atoms with Gasteiger partial charge in [0.1, 0.15) is 13.2 Å². The number of carbonyl (C=O) groups is 3. The first-order valence-corrected chi connectivity index (χ1v) is 30.0. The van der Waals surface area contributed by atoms with E-state index in [2.05, 4.69) is 142 Å². The van der Waals surface area contributed by atoms with Gasteiger partial charge in [0.05, 0.1) is 0 Å². The Bertz CT molecular complexity index is 1540. The van der Waals surface area contributed by atoms with Crippen LogP contribution in [0, 0.1) is 0 Å². The summed E-state index contributed by atoms with van der Waals surface area (Å²) in [6, 6.07) is 0. The van der Waals surface area contributed by atoms with Crippen molar-refractivity contribution in [1.82, 2.24) is 0 Å². The van der Waals surface area contributed by atoms with Crippen LogP contribution in [0.4, 0.5) is 0 Å². The summed E-state index contributed by atoms with van der Waals surface area (Å²) in [5, 5.41) is 0. The van der Waals surface area contributed by atoms with Crippen molar-refractivity contribution in [1.29, 1.82) is 0 Å². The Balaban J connectivity index is 4.27. The van der Waals surface area contributed by atoms with E-state index >= 15 is 0 Å². The molecule has 0 spiro atoms. The van der Waals surface area contributed by atoms with E-state index in [1.54, 1.807) is 0 Å². The first kappa shape index (κ1) is 68.8. The summed E-state index contributed by atoms with van der Waals surface area (Å²) in [5.74, 6) is -0.910. The number of hydrogen-bond acceptors (Lipinski definition) is 6. The standard InChI is InChI=1S/C67H110O6/c1-4-7-10-13-16-19-21-23-25-27-28-29-30-31-32-33-34-35-36-37-38-40-41-43-45-48-51-54-57-60-66(69)72-63-64(62-71-65(68)59-56-53-50-47-18-15-12-9-6-3)73-67(70)61-58-55-52-49-46-44-42-39-26-24-22-20-17-14-11-8-5-2/h7-8,10-11,16-17,19-20,23-26,28-29,31-32,34-35,37-38,64H,4-6,9,12-15,18,21-22,27,30,33,36,39-63H2,1-3H3/b10-7-,11-8-,19-16-,20-17-,25-23-,26-24-,29-28-,32-31-,35-34-,38-37-. The lowest BCUT2D eigenvalue weighted by Gasteiger charge is -2.18. The van der Waals surface area contributed by atoms with Gasteiger partial charge in [0.2, 0.25) is 0 Å². The van der Waals surface area contributed by atoms with E-state index in [0.29, 0.717) is 19.3 Å². The summed E-state index contributed by atoms with van der Waals surface area (Å²) in [6.07, 6.45) is 83.4. The first-order chi connectivity index (χ1) is 36.0. The SMILES string of the molecule is CC/C=C\C/C=C\C/C=C\C/C=C\C/C=C\C/C=C\C/C=C\CCCCCCCCCC(=O)OCC(COC(=O)CCCCCCCCCCC)OC(=O)CCCCCCCCC/C=C\C/C=C\C/C=C\CC. The fourth-order valence-electron chi connectivity index (χ4n) is 8.03. The van der Waals surface area contributed by atoms with Crippen LogP contribution in [0.2, 0.25) is 0 Å². The van der Waals surface area contributed by atoms with Crippen LogP contribution in [0.1, 0.15) is 265 Å². The Hall–Kier alpha value is -4.19. The molecule has 0 aromatic rings. The predicted molar refractivity (Wildman–Crippen MR) is 316 cm³/mol. The molecule has 0 aliphatic carbocycles. The summed E-state index contributed by atoms with van der Waals surface area (Å²) < 4.78 is 16.8. The molecule has 1 unspecified atom stereocenters. The molecule has 0 aromatic heterocycles. The monoisotopic (exact) mass is 1010 g/mol. The molecule has 0 aliphatic rings. The minimum absolute atomic E-state index is 0.0862. The number of rotatable bonds is 53. The fraction of sp³-hybridized carbons (Fsp3) is 0.657. The Labute approximate surface area is 450 Å². The summed E-state index contributed by atoms with van der Waals surface area (Å²) in [5.41, 5.74) is 0. The molecule has 414 valence electrons. The van der Waals surface area contributed by atoms with Crippen molar-refractivity contribution in [2.24, 2.45) is 0 Å². The summed E-state index contributed by atoms with van der Waals surface area (Å²) in [6.45, 7) is 6.38. The highest BCUT2D eigenvalue weighted by molar-refractivity contribution is 5.71. The van der Waals surface area contributed by atoms with Crippen LogP contribution in [0.5, 0.6) is 0 Å². The molecule has 0 N–H and O–H groups in total. The molecule has 0 fully saturated rings. The van der Waals surface area contributed by atoms with Gasteiger partial charge in [0, 0.05) is 19.3 Å². The zero-order valence-corrected chi connectivity index (χ0v) is 47.4. The third-order valence-electron chi connectivity index (χ3n) is 12.5. The zero-order valence-electron chi connectivity index (χ0n) is 47.4. The maximum atomic E-state index is 12.8. The van der Waals surface area contributed by atoms with Gasteiger partial charge < -0.3 is 14.2 Å². The Morgan fingerprint density at radius 2 is 0.534 bits per heavy atom. The lowest BCUT2D eigenvalue weighted by Crippen LogP contribution is -2.30. The second-order valence-electron chi connectivity index (χ2n) is 19.5. The summed E-state index contributed by atoms with van der Waals surface area (Å²) >= 11 is 0. The molecule has 0 rings (SSSR count). The van der Waals surface area contributed by atoms with E-state index in [4.69, 9.17) is 14.2 Å². The molecule has 0 radical (unpaired) electrons. The quantitative estimate of drug-likeness (QED) is 0.0261. The molecule has 6 heteroatoms. The number of unbranched alkanes of at least 4 members (excludes halogenated alkanes) is 22. The van der Waals surface area contributed by atoms with Crippen LogP contribution in [0.3, 0.4) is 0 Å². The molecular weight excluding hydrogens is 901 g/mol. The number of esters is 3. The van der Waals surface area contributed by atoms with Gasteiger partial charge in [-0.25, -0.2) is 0 Å². The van der Waals surface area contributed by atoms with Gasteiger partial charge >= 0.3 is 17.9 Å². The van der Waals surface area contributed by atoms with Crippen molar-refractivity contribution in [3.8, 4) is 0 Å². The third kappa shape index (κ3) is 58.6. The average Bonchev–Trinajstić information content (AvgIpc) is 3.39. The van der Waals surface area contributed by atoms with Gasteiger partial charge in [0.15, 0.2) is 6.10 Å². The van der Waals surface area contributed by atoms with Crippen molar-refractivity contribution < 1.29 is 28.6 Å². The first-order valence-electron chi connectivity index (χ1n) is 30.0. The second-order valence-corrected chi connectivity index (χ2v) is 19.5. The van der Waals surface area contributed by atoms with E-state index in [1.165, 1.54) is 89.9 Å². The number of allylic oxidation sites excluding steroid dienone is 20. The highest BCUT2D eigenvalue weighted by Gasteiger charge is 2.19. The largest absolute Gasteiger partial charge is 0.462 e. The number of carbonyl (C=O) groups excluding carboxylic acids is 3. The van der Waals surface area contributed by atoms with Crippen LogP contribution >= 0.6 is 0 Å². The molecule has 1 atom stereocenters. The molecule has 0 saturated heterocycles.